The third-order valence-corrected chi connectivity index (χ3v) is 6.36. The summed E-state index contributed by atoms with van der Waals surface area (Å²) in [6, 6.07) is 25.1. The van der Waals surface area contributed by atoms with Crippen LogP contribution >= 0.6 is 0 Å². The minimum absolute atomic E-state index is 0.103. The van der Waals surface area contributed by atoms with E-state index in [0.717, 1.165) is 23.2 Å². The number of rotatable bonds is 7. The Morgan fingerprint density at radius 3 is 2.36 bits per heavy atom. The molecule has 3 aromatic carbocycles. The zero-order valence-electron chi connectivity index (χ0n) is 18.9. The second-order valence-electron chi connectivity index (χ2n) is 8.69. The van der Waals surface area contributed by atoms with Gasteiger partial charge in [-0.25, -0.2) is 4.79 Å². The molecule has 1 fully saturated rings. The van der Waals surface area contributed by atoms with Crippen LogP contribution in [0, 0.1) is 0 Å². The number of carbonyl (C=O) groups is 2. The molecule has 1 amide bonds. The van der Waals surface area contributed by atoms with Crippen LogP contribution in [0.4, 0.5) is 5.69 Å². The summed E-state index contributed by atoms with van der Waals surface area (Å²) in [5.41, 5.74) is 4.29. The Hall–Kier alpha value is -3.60. The van der Waals surface area contributed by atoms with Crippen LogP contribution in [0.2, 0.25) is 0 Å². The van der Waals surface area contributed by atoms with Crippen molar-refractivity contribution < 1.29 is 14.7 Å². The quantitative estimate of drug-likeness (QED) is 0.527. The summed E-state index contributed by atoms with van der Waals surface area (Å²) in [6.45, 7) is 3.29. The lowest BCUT2D eigenvalue weighted by Crippen LogP contribution is -2.39. The lowest BCUT2D eigenvalue weighted by molar-refractivity contribution is -0.120. The number of carboxylic acids is 1. The van der Waals surface area contributed by atoms with E-state index in [1.54, 1.807) is 12.1 Å². The fourth-order valence-electron chi connectivity index (χ4n) is 4.60. The molecule has 0 aromatic heterocycles. The Morgan fingerprint density at radius 1 is 0.970 bits per heavy atom. The van der Waals surface area contributed by atoms with Crippen LogP contribution < -0.4 is 10.2 Å². The number of benzene rings is 3. The molecular formula is C28H30N2O3. The van der Waals surface area contributed by atoms with Gasteiger partial charge in [-0.05, 0) is 55.5 Å². The largest absolute Gasteiger partial charge is 0.478 e. The van der Waals surface area contributed by atoms with E-state index in [-0.39, 0.29) is 23.9 Å². The highest BCUT2D eigenvalue weighted by atomic mass is 16.4. The number of amides is 1. The van der Waals surface area contributed by atoms with Gasteiger partial charge in [0.05, 0.1) is 18.0 Å². The molecule has 0 aliphatic carbocycles. The predicted octanol–water partition coefficient (Wildman–Crippen LogP) is 5.21. The van der Waals surface area contributed by atoms with Crippen LogP contribution in [0.3, 0.4) is 0 Å². The molecule has 170 valence electrons. The van der Waals surface area contributed by atoms with Crippen LogP contribution in [0.25, 0.3) is 0 Å². The number of nitrogens with zero attached hydrogens (tertiary/aromatic N) is 1. The number of anilines is 1. The van der Waals surface area contributed by atoms with Crippen LogP contribution in [0.15, 0.2) is 78.9 Å². The Morgan fingerprint density at radius 2 is 1.67 bits per heavy atom. The van der Waals surface area contributed by atoms with E-state index in [9.17, 15) is 9.59 Å². The minimum atomic E-state index is -0.973. The summed E-state index contributed by atoms with van der Waals surface area (Å²) in [6.07, 6.45) is 3.78. The number of carboxylic acid groups (broad SMARTS) is 1. The second kappa shape index (κ2) is 10.3. The fourth-order valence-corrected chi connectivity index (χ4v) is 4.60. The maximum absolute atomic E-state index is 13.1. The molecule has 1 aliphatic heterocycles. The first-order chi connectivity index (χ1) is 16.0. The van der Waals surface area contributed by atoms with Gasteiger partial charge in [0.2, 0.25) is 5.91 Å². The van der Waals surface area contributed by atoms with Gasteiger partial charge in [0.1, 0.15) is 0 Å². The summed E-state index contributed by atoms with van der Waals surface area (Å²) >= 11 is 0. The van der Waals surface area contributed by atoms with Crippen LogP contribution in [0.1, 0.15) is 59.3 Å². The molecule has 3 aromatic rings. The van der Waals surface area contributed by atoms with E-state index in [1.807, 2.05) is 36.4 Å². The van der Waals surface area contributed by atoms with E-state index in [2.05, 4.69) is 35.3 Å². The molecule has 1 saturated heterocycles. The highest BCUT2D eigenvalue weighted by molar-refractivity contribution is 5.88. The first-order valence-corrected chi connectivity index (χ1v) is 11.5. The maximum atomic E-state index is 13.1. The molecule has 33 heavy (non-hydrogen) atoms. The molecule has 4 rings (SSSR count). The van der Waals surface area contributed by atoms with Crippen molar-refractivity contribution in [3.05, 3.63) is 101 Å². The smallest absolute Gasteiger partial charge is 0.335 e. The van der Waals surface area contributed by atoms with Gasteiger partial charge in [-0.2, -0.15) is 0 Å². The Balaban J connectivity index is 1.62. The molecule has 2 atom stereocenters. The number of piperidine rings is 1. The maximum Gasteiger partial charge on any atom is 0.335 e. The van der Waals surface area contributed by atoms with Crippen LogP contribution in [-0.4, -0.2) is 29.6 Å². The van der Waals surface area contributed by atoms with E-state index in [1.165, 1.54) is 37.1 Å². The summed E-state index contributed by atoms with van der Waals surface area (Å²) in [4.78, 5) is 26.7. The summed E-state index contributed by atoms with van der Waals surface area (Å²) < 4.78 is 0. The van der Waals surface area contributed by atoms with Gasteiger partial charge in [-0.15, -0.1) is 0 Å². The molecule has 0 radical (unpaired) electrons. The Labute approximate surface area is 195 Å². The third-order valence-electron chi connectivity index (χ3n) is 6.36. The number of hydrogen-bond acceptors (Lipinski definition) is 3. The normalized spacial score (nSPS) is 16.8. The van der Waals surface area contributed by atoms with E-state index >= 15 is 0 Å². The minimum Gasteiger partial charge on any atom is -0.478 e. The van der Waals surface area contributed by atoms with Crippen molar-refractivity contribution in [2.75, 3.05) is 11.4 Å². The number of para-hydroxylation sites is 1. The van der Waals surface area contributed by atoms with Gasteiger partial charge in [0, 0.05) is 23.8 Å². The third kappa shape index (κ3) is 5.43. The van der Waals surface area contributed by atoms with Crippen molar-refractivity contribution in [3.63, 3.8) is 0 Å². The molecule has 5 heteroatoms. The topological polar surface area (TPSA) is 69.6 Å². The first-order valence-electron chi connectivity index (χ1n) is 11.5. The van der Waals surface area contributed by atoms with Crippen molar-refractivity contribution in [3.8, 4) is 0 Å². The molecule has 1 aliphatic rings. The Bertz CT molecular complexity index is 1100. The van der Waals surface area contributed by atoms with Crippen molar-refractivity contribution in [2.24, 2.45) is 0 Å². The number of hydrogen-bond donors (Lipinski definition) is 2. The summed E-state index contributed by atoms with van der Waals surface area (Å²) in [7, 11) is 0. The molecule has 0 bridgehead atoms. The van der Waals surface area contributed by atoms with Gasteiger partial charge in [-0.1, -0.05) is 60.7 Å². The van der Waals surface area contributed by atoms with E-state index in [4.69, 9.17) is 5.11 Å². The fraction of sp³-hybridized carbons (Fsp3) is 0.286. The van der Waals surface area contributed by atoms with Crippen molar-refractivity contribution in [1.29, 1.82) is 0 Å². The van der Waals surface area contributed by atoms with Crippen molar-refractivity contribution in [2.45, 2.75) is 44.7 Å². The van der Waals surface area contributed by atoms with Crippen molar-refractivity contribution >= 4 is 17.6 Å². The van der Waals surface area contributed by atoms with Crippen LogP contribution in [-0.2, 0) is 11.2 Å². The number of aromatic carboxylic acids is 1. The molecule has 0 saturated carbocycles. The van der Waals surface area contributed by atoms with E-state index in [0.29, 0.717) is 6.04 Å². The zero-order valence-corrected chi connectivity index (χ0v) is 18.9. The monoisotopic (exact) mass is 442 g/mol. The molecule has 5 nitrogen and oxygen atoms in total. The lowest BCUT2D eigenvalue weighted by atomic mass is 9.94. The molecule has 0 spiro atoms. The summed E-state index contributed by atoms with van der Waals surface area (Å²) in [5.74, 6) is -1.08. The average Bonchev–Trinajstić information content (AvgIpc) is 2.84. The highest BCUT2D eigenvalue weighted by Crippen LogP contribution is 2.34. The highest BCUT2D eigenvalue weighted by Gasteiger charge is 2.25. The molecule has 1 heterocycles. The SMILES string of the molecule is CC1CCCCN1c1ccccc1C(NC(=O)Cc1ccc(C(=O)O)cc1)c1ccccc1. The van der Waals surface area contributed by atoms with Gasteiger partial charge < -0.3 is 15.3 Å². The van der Waals surface area contributed by atoms with Gasteiger partial charge >= 0.3 is 5.97 Å². The zero-order chi connectivity index (χ0) is 23.2. The lowest BCUT2D eigenvalue weighted by Gasteiger charge is -2.38. The standard InChI is InChI=1S/C28H30N2O3/c1-20-9-7-8-18-30(20)25-13-6-5-12-24(25)27(22-10-3-2-4-11-22)29-26(31)19-21-14-16-23(17-15-21)28(32)33/h2-6,10-17,20,27H,7-9,18-19H2,1H3,(H,29,31)(H,32,33). The van der Waals surface area contributed by atoms with Crippen molar-refractivity contribution in [1.82, 2.24) is 5.32 Å². The first kappa shape index (κ1) is 22.6. The Kier molecular flexibility index (Phi) is 7.08. The van der Waals surface area contributed by atoms with Gasteiger partial charge in [-0.3, -0.25) is 4.79 Å². The molecule has 2 N–H and O–H groups in total. The second-order valence-corrected chi connectivity index (χ2v) is 8.69. The number of carbonyl (C=O) groups excluding carboxylic acids is 1. The van der Waals surface area contributed by atoms with Crippen LogP contribution in [0.5, 0.6) is 0 Å². The van der Waals surface area contributed by atoms with Gasteiger partial charge in [0.15, 0.2) is 0 Å². The average molecular weight is 443 g/mol. The summed E-state index contributed by atoms with van der Waals surface area (Å²) in [5, 5.41) is 12.3. The van der Waals surface area contributed by atoms with Gasteiger partial charge in [0.25, 0.3) is 0 Å². The predicted molar refractivity (Wildman–Crippen MR) is 131 cm³/mol. The van der Waals surface area contributed by atoms with E-state index < -0.39 is 5.97 Å². The molecular weight excluding hydrogens is 412 g/mol. The molecule has 2 unspecified atom stereocenters. The number of nitrogens with one attached hydrogen (secondary N) is 1.